The lowest BCUT2D eigenvalue weighted by Crippen LogP contribution is -2.31. The fraction of sp³-hybridized carbons (Fsp3) is 0.381. The van der Waals surface area contributed by atoms with Crippen molar-refractivity contribution < 1.29 is 9.50 Å². The van der Waals surface area contributed by atoms with Gasteiger partial charge in [0, 0.05) is 16.9 Å². The summed E-state index contributed by atoms with van der Waals surface area (Å²) < 4.78 is 12.7. The van der Waals surface area contributed by atoms with E-state index >= 15 is 0 Å². The summed E-state index contributed by atoms with van der Waals surface area (Å²) in [6, 6.07) is 14.9. The third-order valence-corrected chi connectivity index (χ3v) is 5.88. The summed E-state index contributed by atoms with van der Waals surface area (Å²) in [6.07, 6.45) is 3.60. The van der Waals surface area contributed by atoms with Crippen LogP contribution >= 0.6 is 22.6 Å². The maximum Gasteiger partial charge on any atom is 0.207 e. The molecule has 1 aliphatic carbocycles. The lowest BCUT2D eigenvalue weighted by molar-refractivity contribution is 0.0220. The highest BCUT2D eigenvalue weighted by molar-refractivity contribution is 14.1. The van der Waals surface area contributed by atoms with E-state index in [2.05, 4.69) is 20.7 Å². The molecule has 1 saturated carbocycles. The quantitative estimate of drug-likeness (QED) is 0.364. The first-order chi connectivity index (χ1) is 13.8. The molecule has 4 rings (SSSR count). The fourth-order valence-electron chi connectivity index (χ4n) is 3.66. The number of aromatic nitrogens is 4. The number of benzene rings is 2. The van der Waals surface area contributed by atoms with Crippen molar-refractivity contribution in [1.29, 1.82) is 0 Å². The van der Waals surface area contributed by atoms with Crippen molar-refractivity contribution in [3.05, 3.63) is 54.1 Å². The molecule has 152 valence electrons. The zero-order valence-corrected chi connectivity index (χ0v) is 18.3. The minimum absolute atomic E-state index is 0.357. The molecule has 2 N–H and O–H groups in total. The largest absolute Gasteiger partial charge is 0.388 e. The molecule has 0 spiro atoms. The van der Waals surface area contributed by atoms with Gasteiger partial charge in [-0.25, -0.2) is 4.39 Å². The number of halogens is 2. The summed E-state index contributed by atoms with van der Waals surface area (Å²) in [5, 5.41) is 26.7. The van der Waals surface area contributed by atoms with E-state index in [1.54, 1.807) is 34.7 Å². The predicted octanol–water partition coefficient (Wildman–Crippen LogP) is 4.97. The van der Waals surface area contributed by atoms with Crippen LogP contribution in [0.5, 0.6) is 0 Å². The minimum atomic E-state index is -1.40. The number of nitrogens with one attached hydrogen (secondary N) is 1. The molecule has 0 aliphatic heterocycles. The van der Waals surface area contributed by atoms with Crippen LogP contribution in [0.1, 0.15) is 38.2 Å². The fourth-order valence-corrected chi connectivity index (χ4v) is 4.02. The number of anilines is 2. The van der Waals surface area contributed by atoms with Gasteiger partial charge in [0.1, 0.15) is 0 Å². The second kappa shape index (κ2) is 7.98. The van der Waals surface area contributed by atoms with Gasteiger partial charge in [-0.15, -0.1) is 10.2 Å². The van der Waals surface area contributed by atoms with Gasteiger partial charge >= 0.3 is 0 Å². The Kier molecular flexibility index (Phi) is 5.56. The summed E-state index contributed by atoms with van der Waals surface area (Å²) in [4.78, 5) is 1.48. The average Bonchev–Trinajstić information content (AvgIpc) is 3.31. The number of rotatable bonds is 6. The van der Waals surface area contributed by atoms with Crippen LogP contribution in [0.4, 0.5) is 15.8 Å². The van der Waals surface area contributed by atoms with Gasteiger partial charge in [0.2, 0.25) is 5.82 Å². The average molecular weight is 507 g/mol. The van der Waals surface area contributed by atoms with Gasteiger partial charge in [-0.05, 0) is 77.4 Å². The molecule has 1 aliphatic rings. The Morgan fingerprint density at radius 3 is 2.55 bits per heavy atom. The first kappa shape index (κ1) is 20.2. The topological polar surface area (TPSA) is 75.9 Å². The number of aliphatic hydroxyl groups is 1. The first-order valence-electron chi connectivity index (χ1n) is 9.67. The van der Waals surface area contributed by atoms with Gasteiger partial charge in [-0.1, -0.05) is 37.1 Å². The van der Waals surface area contributed by atoms with Crippen LogP contribution in [0.3, 0.4) is 0 Å². The monoisotopic (exact) mass is 507 g/mol. The van der Waals surface area contributed by atoms with Crippen LogP contribution in [0.15, 0.2) is 48.5 Å². The van der Waals surface area contributed by atoms with Gasteiger partial charge in [0.25, 0.3) is 0 Å². The highest BCUT2D eigenvalue weighted by atomic mass is 127. The maximum atomic E-state index is 14.1. The maximum absolute atomic E-state index is 14.1. The summed E-state index contributed by atoms with van der Waals surface area (Å²) in [5.41, 5.74) is 2.37. The smallest absolute Gasteiger partial charge is 0.207 e. The summed E-state index contributed by atoms with van der Waals surface area (Å²) in [7, 11) is 0. The molecule has 0 radical (unpaired) electrons. The third-order valence-electron chi connectivity index (χ3n) is 5.26. The van der Waals surface area contributed by atoms with Gasteiger partial charge in [0.15, 0.2) is 3.68 Å². The molecule has 29 heavy (non-hydrogen) atoms. The molecule has 1 fully saturated rings. The summed E-state index contributed by atoms with van der Waals surface area (Å²) >= 11 is 1.78. The first-order valence-corrected chi connectivity index (χ1v) is 10.8. The number of hydrogen-bond acceptors (Lipinski definition) is 5. The molecular formula is C21H23FIN5O. The van der Waals surface area contributed by atoms with Crippen molar-refractivity contribution >= 4 is 34.0 Å². The molecule has 1 atom stereocenters. The number of hydrogen-bond donors (Lipinski definition) is 2. The number of para-hydroxylation sites is 1. The van der Waals surface area contributed by atoms with E-state index in [0.717, 1.165) is 42.6 Å². The van der Waals surface area contributed by atoms with Gasteiger partial charge in [-0.3, -0.25) is 0 Å². The van der Waals surface area contributed by atoms with Crippen LogP contribution < -0.4 is 5.32 Å². The molecule has 1 heterocycles. The van der Waals surface area contributed by atoms with Crippen molar-refractivity contribution in [2.75, 3.05) is 5.32 Å². The Bertz CT molecular complexity index is 977. The van der Waals surface area contributed by atoms with Crippen LogP contribution in [0, 0.1) is 0 Å². The molecule has 0 bridgehead atoms. The van der Waals surface area contributed by atoms with Gasteiger partial charge < -0.3 is 10.4 Å². The van der Waals surface area contributed by atoms with Crippen molar-refractivity contribution in [2.24, 2.45) is 0 Å². The van der Waals surface area contributed by atoms with Crippen LogP contribution in [0.2, 0.25) is 0 Å². The number of nitrogens with zero attached hydrogens (tertiary/aromatic N) is 4. The second-order valence-corrected chi connectivity index (χ2v) is 9.74. The van der Waals surface area contributed by atoms with Gasteiger partial charge in [-0.2, -0.15) is 4.80 Å². The second-order valence-electron chi connectivity index (χ2n) is 7.71. The normalized spacial score (nSPS) is 17.8. The minimum Gasteiger partial charge on any atom is -0.388 e. The van der Waals surface area contributed by atoms with Crippen molar-refractivity contribution in [3.8, 4) is 11.4 Å². The van der Waals surface area contributed by atoms with E-state index in [4.69, 9.17) is 0 Å². The number of alkyl halides is 2. The number of tetrazole rings is 1. The Balaban J connectivity index is 1.54. The molecule has 8 heteroatoms. The van der Waals surface area contributed by atoms with E-state index in [0.29, 0.717) is 17.9 Å². The lowest BCUT2D eigenvalue weighted by atomic mass is 10.0. The zero-order valence-electron chi connectivity index (χ0n) is 16.1. The molecule has 1 aromatic heterocycles. The Morgan fingerprint density at radius 2 is 1.86 bits per heavy atom. The highest BCUT2D eigenvalue weighted by Gasteiger charge is 2.32. The standard InChI is InChI=1S/C21H23FIN5O/c1-20(22,23)15-8-10-16(11-9-15)24-18-7-3-2-6-17(18)19-25-27-28(26-19)14-21(29)12-4-5-13-21/h2-3,6-11,24,29H,4-5,12-14H2,1H3. The van der Waals surface area contributed by atoms with Crippen LogP contribution in [-0.2, 0) is 10.2 Å². The van der Waals surface area contributed by atoms with Crippen LogP contribution in [0.25, 0.3) is 11.4 Å². The van der Waals surface area contributed by atoms with E-state index < -0.39 is 9.28 Å². The summed E-state index contributed by atoms with van der Waals surface area (Å²) in [5.74, 6) is 0.495. The van der Waals surface area contributed by atoms with Crippen molar-refractivity contribution in [1.82, 2.24) is 20.2 Å². The van der Waals surface area contributed by atoms with E-state index in [1.807, 2.05) is 36.4 Å². The van der Waals surface area contributed by atoms with Gasteiger partial charge in [0.05, 0.1) is 12.1 Å². The van der Waals surface area contributed by atoms with E-state index in [9.17, 15) is 9.50 Å². The molecular weight excluding hydrogens is 484 g/mol. The molecule has 3 aromatic rings. The SMILES string of the molecule is CC(F)(I)c1ccc(Nc2ccccc2-c2nnn(CC3(O)CCCC3)n2)cc1. The Labute approximate surface area is 182 Å². The zero-order chi connectivity index (χ0) is 20.5. The van der Waals surface area contributed by atoms with Crippen LogP contribution in [-0.4, -0.2) is 30.9 Å². The molecule has 0 amide bonds. The Morgan fingerprint density at radius 1 is 1.17 bits per heavy atom. The molecule has 6 nitrogen and oxygen atoms in total. The van der Waals surface area contributed by atoms with Crippen molar-refractivity contribution in [3.63, 3.8) is 0 Å². The predicted molar refractivity (Wildman–Crippen MR) is 119 cm³/mol. The van der Waals surface area contributed by atoms with E-state index in [-0.39, 0.29) is 0 Å². The Hall–Kier alpha value is -2.07. The third kappa shape index (κ3) is 4.75. The summed E-state index contributed by atoms with van der Waals surface area (Å²) in [6.45, 7) is 1.89. The molecule has 1 unspecified atom stereocenters. The highest BCUT2D eigenvalue weighted by Crippen LogP contribution is 2.34. The van der Waals surface area contributed by atoms with Crippen molar-refractivity contribution in [2.45, 2.75) is 48.4 Å². The molecule has 2 aromatic carbocycles. The molecule has 0 saturated heterocycles. The lowest BCUT2D eigenvalue weighted by Gasteiger charge is -2.20. The van der Waals surface area contributed by atoms with E-state index in [1.165, 1.54) is 11.7 Å².